The third-order valence-electron chi connectivity index (χ3n) is 5.96. The molecule has 2 rings (SSSR count). The van der Waals surface area contributed by atoms with Crippen molar-refractivity contribution in [1.82, 2.24) is 14.9 Å². The second-order valence-electron chi connectivity index (χ2n) is 8.72. The highest BCUT2D eigenvalue weighted by molar-refractivity contribution is 14.0. The summed E-state index contributed by atoms with van der Waals surface area (Å²) in [4.78, 5) is 4.39. The lowest BCUT2D eigenvalue weighted by Gasteiger charge is -2.33. The first kappa shape index (κ1) is 24.9. The van der Waals surface area contributed by atoms with Gasteiger partial charge < -0.3 is 10.6 Å². The minimum absolute atomic E-state index is 0. The molecule has 0 aromatic heterocycles. The summed E-state index contributed by atoms with van der Waals surface area (Å²) in [5, 5.41) is 7.02. The van der Waals surface area contributed by atoms with Crippen LogP contribution in [0.25, 0.3) is 0 Å². The van der Waals surface area contributed by atoms with Gasteiger partial charge in [0, 0.05) is 33.2 Å². The Kier molecular flexibility index (Phi) is 10.3. The molecule has 1 heterocycles. The van der Waals surface area contributed by atoms with Gasteiger partial charge in [0.05, 0.1) is 6.26 Å². The van der Waals surface area contributed by atoms with E-state index in [0.29, 0.717) is 24.4 Å². The second kappa shape index (κ2) is 11.2. The first-order chi connectivity index (χ1) is 12.2. The molecule has 6 nitrogen and oxygen atoms in total. The molecule has 0 aromatic carbocycles. The Labute approximate surface area is 183 Å². The van der Waals surface area contributed by atoms with E-state index < -0.39 is 10.0 Å². The minimum atomic E-state index is -3.04. The maximum Gasteiger partial charge on any atom is 0.211 e. The van der Waals surface area contributed by atoms with Crippen molar-refractivity contribution in [1.29, 1.82) is 0 Å². The molecule has 2 N–H and O–H groups in total. The number of rotatable bonds is 7. The zero-order valence-corrected chi connectivity index (χ0v) is 20.6. The molecule has 1 saturated carbocycles. The summed E-state index contributed by atoms with van der Waals surface area (Å²) in [7, 11) is -1.22. The third kappa shape index (κ3) is 8.04. The van der Waals surface area contributed by atoms with Gasteiger partial charge in [0.15, 0.2) is 5.96 Å². The number of hydrogen-bond acceptors (Lipinski definition) is 3. The van der Waals surface area contributed by atoms with E-state index >= 15 is 0 Å². The van der Waals surface area contributed by atoms with Gasteiger partial charge in [-0.3, -0.25) is 4.99 Å². The maximum atomic E-state index is 11.6. The van der Waals surface area contributed by atoms with Crippen LogP contribution in [0, 0.1) is 17.3 Å². The summed E-state index contributed by atoms with van der Waals surface area (Å²) in [6.07, 6.45) is 9.73. The molecule has 8 heteroatoms. The smallest absolute Gasteiger partial charge is 0.211 e. The fraction of sp³-hybridized carbons (Fsp3) is 0.947. The van der Waals surface area contributed by atoms with E-state index in [1.165, 1.54) is 38.4 Å². The van der Waals surface area contributed by atoms with Crippen LogP contribution in [-0.2, 0) is 10.0 Å². The van der Waals surface area contributed by atoms with Crippen molar-refractivity contribution in [3.8, 4) is 0 Å². The average Bonchev–Trinajstić information content (AvgIpc) is 3.02. The summed E-state index contributed by atoms with van der Waals surface area (Å²) in [5.74, 6) is 2.11. The van der Waals surface area contributed by atoms with Crippen LogP contribution in [0.15, 0.2) is 4.99 Å². The largest absolute Gasteiger partial charge is 0.356 e. The van der Waals surface area contributed by atoms with Gasteiger partial charge in [0.1, 0.15) is 0 Å². The molecule has 0 spiro atoms. The topological polar surface area (TPSA) is 73.8 Å². The lowest BCUT2D eigenvalue weighted by molar-refractivity contribution is 0.234. The Balaban J connectivity index is 0.00000364. The molecule has 0 unspecified atom stereocenters. The number of guanidine groups is 1. The second-order valence-corrected chi connectivity index (χ2v) is 10.7. The molecule has 27 heavy (non-hydrogen) atoms. The Hall–Kier alpha value is -0.0900. The Morgan fingerprint density at radius 2 is 1.78 bits per heavy atom. The Morgan fingerprint density at radius 3 is 2.26 bits per heavy atom. The molecule has 1 aliphatic heterocycles. The summed E-state index contributed by atoms with van der Waals surface area (Å²) >= 11 is 0. The minimum Gasteiger partial charge on any atom is -0.356 e. The van der Waals surface area contributed by atoms with Crippen molar-refractivity contribution in [3.05, 3.63) is 0 Å². The molecule has 1 saturated heterocycles. The van der Waals surface area contributed by atoms with Gasteiger partial charge >= 0.3 is 0 Å². The molecule has 0 bridgehead atoms. The van der Waals surface area contributed by atoms with Crippen LogP contribution in [0.4, 0.5) is 0 Å². The number of aliphatic imine (C=N–C) groups is 1. The fourth-order valence-corrected chi connectivity index (χ4v) is 5.50. The highest BCUT2D eigenvalue weighted by atomic mass is 127. The first-order valence-electron chi connectivity index (χ1n) is 10.1. The average molecular weight is 515 g/mol. The Bertz CT molecular complexity index is 566. The number of halogens is 1. The normalized spacial score (nSPS) is 21.9. The maximum absolute atomic E-state index is 11.6. The zero-order valence-electron chi connectivity index (χ0n) is 17.5. The molecular weight excluding hydrogens is 475 g/mol. The van der Waals surface area contributed by atoms with Crippen molar-refractivity contribution in [3.63, 3.8) is 0 Å². The highest BCUT2D eigenvalue weighted by Crippen LogP contribution is 2.42. The molecule has 160 valence electrons. The van der Waals surface area contributed by atoms with E-state index in [0.717, 1.165) is 37.8 Å². The summed E-state index contributed by atoms with van der Waals surface area (Å²) in [5.41, 5.74) is 0.423. The van der Waals surface area contributed by atoms with Gasteiger partial charge in [-0.25, -0.2) is 12.7 Å². The molecular formula is C19H39IN4O2S. The predicted molar refractivity (Wildman–Crippen MR) is 124 cm³/mol. The summed E-state index contributed by atoms with van der Waals surface area (Å²) < 4.78 is 24.8. The van der Waals surface area contributed by atoms with Crippen LogP contribution in [0.5, 0.6) is 0 Å². The lowest BCUT2D eigenvalue weighted by atomic mass is 9.78. The van der Waals surface area contributed by atoms with Crippen molar-refractivity contribution in [2.45, 2.75) is 58.8 Å². The number of nitrogens with zero attached hydrogens (tertiary/aromatic N) is 2. The zero-order chi connectivity index (χ0) is 19.2. The highest BCUT2D eigenvalue weighted by Gasteiger charge is 2.34. The van der Waals surface area contributed by atoms with Crippen LogP contribution in [0.1, 0.15) is 58.8 Å². The quantitative estimate of drug-likeness (QED) is 0.311. The van der Waals surface area contributed by atoms with E-state index in [1.807, 2.05) is 7.05 Å². The van der Waals surface area contributed by atoms with Crippen molar-refractivity contribution in [2.24, 2.45) is 22.2 Å². The van der Waals surface area contributed by atoms with Gasteiger partial charge in [0.2, 0.25) is 10.0 Å². The standard InChI is InChI=1S/C19H38N4O2S.HI/c1-16(2)13-19(9-5-6-10-19)15-22-18(20-3)21-14-17-7-11-23(12-8-17)26(4,24)25;/h16-17H,5-15H2,1-4H3,(H2,20,21,22);1H. The number of nitrogens with one attached hydrogen (secondary N) is 2. The molecule has 2 aliphatic rings. The number of hydrogen-bond donors (Lipinski definition) is 2. The predicted octanol–water partition coefficient (Wildman–Crippen LogP) is 3.05. The van der Waals surface area contributed by atoms with Crippen molar-refractivity contribution < 1.29 is 8.42 Å². The van der Waals surface area contributed by atoms with Gasteiger partial charge in [-0.15, -0.1) is 24.0 Å². The molecule has 0 atom stereocenters. The number of piperidine rings is 1. The van der Waals surface area contributed by atoms with Crippen LogP contribution in [0.2, 0.25) is 0 Å². The van der Waals surface area contributed by atoms with Gasteiger partial charge in [-0.2, -0.15) is 0 Å². The fourth-order valence-electron chi connectivity index (χ4n) is 4.62. The van der Waals surface area contributed by atoms with Crippen molar-refractivity contribution >= 4 is 40.0 Å². The van der Waals surface area contributed by atoms with E-state index in [9.17, 15) is 8.42 Å². The van der Waals surface area contributed by atoms with Gasteiger partial charge in [-0.05, 0) is 49.4 Å². The number of sulfonamides is 1. The third-order valence-corrected chi connectivity index (χ3v) is 7.26. The van der Waals surface area contributed by atoms with E-state index in [-0.39, 0.29) is 24.0 Å². The summed E-state index contributed by atoms with van der Waals surface area (Å²) in [6.45, 7) is 7.75. The molecule has 2 fully saturated rings. The Morgan fingerprint density at radius 1 is 1.19 bits per heavy atom. The van der Waals surface area contributed by atoms with Gasteiger partial charge in [-0.1, -0.05) is 26.7 Å². The molecule has 0 aromatic rings. The first-order valence-corrected chi connectivity index (χ1v) is 12.0. The van der Waals surface area contributed by atoms with E-state index in [2.05, 4.69) is 29.5 Å². The van der Waals surface area contributed by atoms with E-state index in [4.69, 9.17) is 0 Å². The van der Waals surface area contributed by atoms with Crippen molar-refractivity contribution in [2.75, 3.05) is 39.5 Å². The molecule has 0 amide bonds. The SMILES string of the molecule is CN=C(NCC1CCN(S(C)(=O)=O)CC1)NCC1(CC(C)C)CCCC1.I. The molecule has 1 aliphatic carbocycles. The van der Waals surface area contributed by atoms with Crippen LogP contribution in [0.3, 0.4) is 0 Å². The lowest BCUT2D eigenvalue weighted by Crippen LogP contribution is -2.46. The van der Waals surface area contributed by atoms with Crippen LogP contribution >= 0.6 is 24.0 Å². The summed E-state index contributed by atoms with van der Waals surface area (Å²) in [6, 6.07) is 0. The van der Waals surface area contributed by atoms with Crippen LogP contribution in [-0.4, -0.2) is 58.2 Å². The van der Waals surface area contributed by atoms with E-state index in [1.54, 1.807) is 4.31 Å². The van der Waals surface area contributed by atoms with Gasteiger partial charge in [0.25, 0.3) is 0 Å². The molecule has 0 radical (unpaired) electrons. The van der Waals surface area contributed by atoms with Crippen LogP contribution < -0.4 is 10.6 Å². The monoisotopic (exact) mass is 514 g/mol.